The molecule has 4 aromatic rings. The summed E-state index contributed by atoms with van der Waals surface area (Å²) >= 11 is 12.0. The molecule has 1 aromatic heterocycles. The lowest BCUT2D eigenvalue weighted by Gasteiger charge is -2.20. The van der Waals surface area contributed by atoms with Crippen LogP contribution in [0, 0.1) is 0 Å². The van der Waals surface area contributed by atoms with E-state index in [1.807, 2.05) is 59.3 Å². The number of halogens is 2. The molecule has 0 spiro atoms. The summed E-state index contributed by atoms with van der Waals surface area (Å²) in [5.74, 6) is 0. The number of nitrogens with zero attached hydrogens (tertiary/aromatic N) is 2. The largest absolute Gasteiger partial charge is 0.364 e. The Morgan fingerprint density at radius 2 is 1.36 bits per heavy atom. The van der Waals surface area contributed by atoms with E-state index in [0.717, 1.165) is 22.4 Å². The fourth-order valence-electron chi connectivity index (χ4n) is 3.02. The van der Waals surface area contributed by atoms with Crippen LogP contribution >= 0.6 is 23.2 Å². The Bertz CT molecular complexity index is 1010. The Morgan fingerprint density at radius 1 is 0.786 bits per heavy atom. The van der Waals surface area contributed by atoms with E-state index in [9.17, 15) is 0 Å². The molecule has 0 aliphatic carbocycles. The number of hydrogen-bond donors (Lipinski definition) is 0. The first-order chi connectivity index (χ1) is 13.7. The Morgan fingerprint density at radius 3 is 1.93 bits per heavy atom. The van der Waals surface area contributed by atoms with Crippen molar-refractivity contribution in [3.05, 3.63) is 118 Å². The van der Waals surface area contributed by atoms with Crippen molar-refractivity contribution in [2.24, 2.45) is 0 Å². The maximum atomic E-state index is 6.31. The van der Waals surface area contributed by atoms with Crippen LogP contribution in [0.3, 0.4) is 0 Å². The third-order valence-corrected chi connectivity index (χ3v) is 5.01. The van der Waals surface area contributed by atoms with Crippen molar-refractivity contribution in [2.45, 2.75) is 12.7 Å². The maximum absolute atomic E-state index is 6.31. The molecule has 1 heterocycles. The molecule has 5 heteroatoms. The van der Waals surface area contributed by atoms with E-state index < -0.39 is 0 Å². The molecule has 4 rings (SSSR count). The van der Waals surface area contributed by atoms with Gasteiger partial charge in [-0.2, -0.15) is 0 Å². The first-order valence-corrected chi connectivity index (χ1v) is 9.64. The lowest BCUT2D eigenvalue weighted by Crippen LogP contribution is -2.07. The van der Waals surface area contributed by atoms with Gasteiger partial charge in [-0.15, -0.1) is 0 Å². The predicted octanol–water partition coefficient (Wildman–Crippen LogP) is 6.49. The maximum Gasteiger partial charge on any atom is 0.108 e. The summed E-state index contributed by atoms with van der Waals surface area (Å²) in [6, 6.07) is 23.7. The van der Waals surface area contributed by atoms with Crippen molar-refractivity contribution in [3.63, 3.8) is 0 Å². The second-order valence-electron chi connectivity index (χ2n) is 6.43. The zero-order chi connectivity index (χ0) is 19.3. The summed E-state index contributed by atoms with van der Waals surface area (Å²) in [6.07, 6.45) is 5.26. The normalized spacial score (nSPS) is 12.1. The highest BCUT2D eigenvalue weighted by Crippen LogP contribution is 2.29. The van der Waals surface area contributed by atoms with E-state index in [1.54, 1.807) is 12.5 Å². The third kappa shape index (κ3) is 4.45. The molecule has 0 saturated carbocycles. The van der Waals surface area contributed by atoms with Crippen LogP contribution in [0.15, 0.2) is 91.5 Å². The zero-order valence-corrected chi connectivity index (χ0v) is 16.5. The molecule has 0 saturated heterocycles. The Labute approximate surface area is 174 Å². The van der Waals surface area contributed by atoms with Crippen molar-refractivity contribution in [1.82, 2.24) is 9.55 Å². The highest BCUT2D eigenvalue weighted by Gasteiger charge is 2.15. The lowest BCUT2D eigenvalue weighted by atomic mass is 10.0. The van der Waals surface area contributed by atoms with E-state index in [4.69, 9.17) is 27.9 Å². The van der Waals surface area contributed by atoms with Gasteiger partial charge in [-0.25, -0.2) is 4.98 Å². The van der Waals surface area contributed by atoms with Crippen molar-refractivity contribution in [1.29, 1.82) is 0 Å². The van der Waals surface area contributed by atoms with Gasteiger partial charge in [0.1, 0.15) is 6.10 Å². The quantitative estimate of drug-likeness (QED) is 0.364. The topological polar surface area (TPSA) is 27.1 Å². The minimum absolute atomic E-state index is 0.204. The van der Waals surface area contributed by atoms with Crippen LogP contribution in [0.4, 0.5) is 0 Å². The van der Waals surface area contributed by atoms with E-state index in [2.05, 4.69) is 29.2 Å². The van der Waals surface area contributed by atoms with Crippen molar-refractivity contribution in [3.8, 4) is 5.69 Å². The average molecular weight is 409 g/mol. The van der Waals surface area contributed by atoms with Gasteiger partial charge in [-0.3, -0.25) is 0 Å². The second kappa shape index (κ2) is 8.61. The van der Waals surface area contributed by atoms with Crippen molar-refractivity contribution in [2.75, 3.05) is 0 Å². The van der Waals surface area contributed by atoms with Crippen LogP contribution in [0.5, 0.6) is 0 Å². The predicted molar refractivity (Wildman–Crippen MR) is 113 cm³/mol. The summed E-state index contributed by atoms with van der Waals surface area (Å²) in [5.41, 5.74) is 4.24. The molecule has 3 nitrogen and oxygen atoms in total. The van der Waals surface area contributed by atoms with E-state index in [-0.39, 0.29) is 6.10 Å². The van der Waals surface area contributed by atoms with E-state index in [0.29, 0.717) is 16.7 Å². The SMILES string of the molecule is Clc1ccc(COC(c2ccc(Cl)cc2)c2ccc(-n3ccnc3)cc2)cc1. The zero-order valence-electron chi connectivity index (χ0n) is 15.0. The van der Waals surface area contributed by atoms with E-state index >= 15 is 0 Å². The summed E-state index contributed by atoms with van der Waals surface area (Å²) in [6.45, 7) is 0.480. The number of rotatable bonds is 6. The first kappa shape index (κ1) is 18.8. The molecule has 1 unspecified atom stereocenters. The van der Waals surface area contributed by atoms with Crippen LogP contribution in [0.2, 0.25) is 10.0 Å². The molecule has 140 valence electrons. The van der Waals surface area contributed by atoms with Gasteiger partial charge in [0, 0.05) is 28.1 Å². The van der Waals surface area contributed by atoms with E-state index in [1.165, 1.54) is 0 Å². The minimum atomic E-state index is -0.204. The Hall–Kier alpha value is -2.59. The van der Waals surface area contributed by atoms with Gasteiger partial charge in [-0.1, -0.05) is 59.6 Å². The molecule has 0 aliphatic rings. The molecular formula is C23H18Cl2N2O. The highest BCUT2D eigenvalue weighted by molar-refractivity contribution is 6.30. The molecular weight excluding hydrogens is 391 g/mol. The summed E-state index contributed by atoms with van der Waals surface area (Å²) in [7, 11) is 0. The van der Waals surface area contributed by atoms with Crippen molar-refractivity contribution < 1.29 is 4.74 Å². The second-order valence-corrected chi connectivity index (χ2v) is 7.30. The molecule has 0 fully saturated rings. The lowest BCUT2D eigenvalue weighted by molar-refractivity contribution is 0.0667. The van der Waals surface area contributed by atoms with Crippen LogP contribution < -0.4 is 0 Å². The molecule has 0 aliphatic heterocycles. The molecule has 0 amide bonds. The van der Waals surface area contributed by atoms with Gasteiger partial charge in [0.25, 0.3) is 0 Å². The number of benzene rings is 3. The van der Waals surface area contributed by atoms with Crippen LogP contribution in [0.25, 0.3) is 5.69 Å². The van der Waals surface area contributed by atoms with Crippen LogP contribution in [-0.4, -0.2) is 9.55 Å². The standard InChI is InChI=1S/C23H18Cl2N2O/c24-20-7-1-17(2-8-20)15-28-23(18-3-9-21(25)10-4-18)19-5-11-22(12-6-19)27-14-13-26-16-27/h1-14,16,23H,15H2. The summed E-state index contributed by atoms with van der Waals surface area (Å²) < 4.78 is 8.27. The number of ether oxygens (including phenoxy) is 1. The van der Waals surface area contributed by atoms with Crippen molar-refractivity contribution >= 4 is 23.2 Å². The monoisotopic (exact) mass is 408 g/mol. The number of imidazole rings is 1. The number of aromatic nitrogens is 2. The minimum Gasteiger partial charge on any atom is -0.364 e. The molecule has 1 atom stereocenters. The highest BCUT2D eigenvalue weighted by atomic mass is 35.5. The molecule has 0 radical (unpaired) electrons. The Kier molecular flexibility index (Phi) is 5.77. The van der Waals surface area contributed by atoms with Gasteiger partial charge in [-0.05, 0) is 53.1 Å². The molecule has 0 N–H and O–H groups in total. The smallest absolute Gasteiger partial charge is 0.108 e. The van der Waals surface area contributed by atoms with Gasteiger partial charge in [0.05, 0.1) is 12.9 Å². The molecule has 3 aromatic carbocycles. The fraction of sp³-hybridized carbons (Fsp3) is 0.0870. The number of hydrogen-bond acceptors (Lipinski definition) is 2. The van der Waals surface area contributed by atoms with Gasteiger partial charge >= 0.3 is 0 Å². The van der Waals surface area contributed by atoms with Gasteiger partial charge in [0.2, 0.25) is 0 Å². The molecule has 28 heavy (non-hydrogen) atoms. The summed E-state index contributed by atoms with van der Waals surface area (Å²) in [5, 5.41) is 1.42. The Balaban J connectivity index is 1.60. The first-order valence-electron chi connectivity index (χ1n) is 8.89. The summed E-state index contributed by atoms with van der Waals surface area (Å²) in [4.78, 5) is 4.10. The average Bonchev–Trinajstić information content (AvgIpc) is 3.26. The fourth-order valence-corrected chi connectivity index (χ4v) is 3.27. The van der Waals surface area contributed by atoms with Gasteiger partial charge < -0.3 is 9.30 Å². The van der Waals surface area contributed by atoms with Crippen LogP contribution in [0.1, 0.15) is 22.8 Å². The molecule has 0 bridgehead atoms. The van der Waals surface area contributed by atoms with Gasteiger partial charge in [0.15, 0.2) is 0 Å². The van der Waals surface area contributed by atoms with Crippen LogP contribution in [-0.2, 0) is 11.3 Å². The third-order valence-electron chi connectivity index (χ3n) is 4.50.